The van der Waals surface area contributed by atoms with Crippen LogP contribution < -0.4 is 10.1 Å². The molecule has 1 fully saturated rings. The minimum absolute atomic E-state index is 0.0228. The van der Waals surface area contributed by atoms with E-state index >= 15 is 0 Å². The molecule has 8 nitrogen and oxygen atoms in total. The van der Waals surface area contributed by atoms with Gasteiger partial charge in [0.05, 0.1) is 24.4 Å². The second-order valence-electron chi connectivity index (χ2n) is 6.00. The Balaban J connectivity index is 1.47. The molecule has 0 bridgehead atoms. The summed E-state index contributed by atoms with van der Waals surface area (Å²) in [5.74, 6) is 1.39. The van der Waals surface area contributed by atoms with Gasteiger partial charge >= 0.3 is 0 Å². The smallest absolute Gasteiger partial charge is 0.277 e. The lowest BCUT2D eigenvalue weighted by atomic mass is 10.1. The molecule has 1 aromatic heterocycles. The molecule has 26 heavy (non-hydrogen) atoms. The Morgan fingerprint density at radius 3 is 3.00 bits per heavy atom. The van der Waals surface area contributed by atoms with E-state index in [1.54, 1.807) is 31.4 Å². The number of methoxy groups -OCH3 is 1. The summed E-state index contributed by atoms with van der Waals surface area (Å²) in [4.78, 5) is 12.0. The van der Waals surface area contributed by atoms with Gasteiger partial charge in [-0.05, 0) is 24.5 Å². The van der Waals surface area contributed by atoms with Crippen molar-refractivity contribution in [2.24, 2.45) is 5.92 Å². The zero-order valence-corrected chi connectivity index (χ0v) is 15.8. The zero-order valence-electron chi connectivity index (χ0n) is 14.2. The second kappa shape index (κ2) is 8.09. The first-order chi connectivity index (χ1) is 12.4. The van der Waals surface area contributed by atoms with Gasteiger partial charge in [-0.3, -0.25) is 4.79 Å². The van der Waals surface area contributed by atoms with E-state index in [-0.39, 0.29) is 29.1 Å². The van der Waals surface area contributed by atoms with Crippen molar-refractivity contribution in [3.63, 3.8) is 0 Å². The quantitative estimate of drug-likeness (QED) is 0.704. The number of hydrogen-bond acceptors (Lipinski definition) is 8. The van der Waals surface area contributed by atoms with Crippen LogP contribution in [0, 0.1) is 5.92 Å². The van der Waals surface area contributed by atoms with Gasteiger partial charge in [-0.2, -0.15) is 0 Å². The van der Waals surface area contributed by atoms with Crippen molar-refractivity contribution in [2.75, 3.05) is 29.7 Å². The average molecular weight is 397 g/mol. The van der Waals surface area contributed by atoms with Crippen LogP contribution in [0.5, 0.6) is 5.75 Å². The van der Waals surface area contributed by atoms with Gasteiger partial charge in [-0.15, -0.1) is 10.2 Å². The van der Waals surface area contributed by atoms with Gasteiger partial charge in [0.2, 0.25) is 11.8 Å². The average Bonchev–Trinajstić information content (AvgIpc) is 3.19. The molecule has 1 amide bonds. The lowest BCUT2D eigenvalue weighted by Gasteiger charge is -2.06. The summed E-state index contributed by atoms with van der Waals surface area (Å²) >= 11 is 1.13. The van der Waals surface area contributed by atoms with Gasteiger partial charge in [0.1, 0.15) is 5.75 Å². The van der Waals surface area contributed by atoms with Crippen LogP contribution in [0.3, 0.4) is 0 Å². The predicted octanol–water partition coefficient (Wildman–Crippen LogP) is 1.79. The first-order valence-corrected chi connectivity index (χ1v) is 10.8. The highest BCUT2D eigenvalue weighted by Gasteiger charge is 2.29. The Hall–Kier alpha value is -2.07. The van der Waals surface area contributed by atoms with E-state index < -0.39 is 9.84 Å². The molecule has 1 aromatic carbocycles. The van der Waals surface area contributed by atoms with E-state index in [1.165, 1.54) is 0 Å². The number of nitrogens with one attached hydrogen (secondary N) is 1. The number of carbonyl (C=O) groups excluding carboxylic acids is 1. The summed E-state index contributed by atoms with van der Waals surface area (Å²) in [6.07, 6.45) is 1.07. The van der Waals surface area contributed by atoms with Crippen LogP contribution in [-0.4, -0.2) is 48.9 Å². The fourth-order valence-electron chi connectivity index (χ4n) is 2.68. The largest absolute Gasteiger partial charge is 0.497 e. The van der Waals surface area contributed by atoms with Crippen molar-refractivity contribution >= 4 is 33.2 Å². The number of amides is 1. The molecular formula is C16H19N3O5S2. The fourth-order valence-corrected chi connectivity index (χ4v) is 5.13. The molecule has 10 heteroatoms. The standard InChI is InChI=1S/C16H19N3O5S2/c1-23-13-4-2-3-12(8-13)17-14(20)9-25-16-19-18-15(24-16)7-11-5-6-26(21,22)10-11/h2-4,8,11H,5-7,9-10H2,1H3,(H,17,20)/t11-/m0/s1. The minimum atomic E-state index is -2.92. The Bertz CT molecular complexity index is 882. The Labute approximate surface area is 155 Å². The molecule has 0 radical (unpaired) electrons. The van der Waals surface area contributed by atoms with E-state index in [0.717, 1.165) is 11.8 Å². The highest BCUT2D eigenvalue weighted by Crippen LogP contribution is 2.24. The van der Waals surface area contributed by atoms with Crippen LogP contribution >= 0.6 is 11.8 Å². The second-order valence-corrected chi connectivity index (χ2v) is 9.16. The lowest BCUT2D eigenvalue weighted by molar-refractivity contribution is -0.113. The maximum Gasteiger partial charge on any atom is 0.277 e. The fraction of sp³-hybridized carbons (Fsp3) is 0.438. The summed E-state index contributed by atoms with van der Waals surface area (Å²) in [6.45, 7) is 0. The molecule has 1 saturated heterocycles. The number of nitrogens with zero attached hydrogens (tertiary/aromatic N) is 2. The maximum atomic E-state index is 12.0. The summed E-state index contributed by atoms with van der Waals surface area (Å²) in [6, 6.07) is 7.07. The normalized spacial score (nSPS) is 18.6. The Kier molecular flexibility index (Phi) is 5.82. The van der Waals surface area contributed by atoms with E-state index in [0.29, 0.717) is 35.4 Å². The van der Waals surface area contributed by atoms with E-state index in [1.807, 2.05) is 0 Å². The van der Waals surface area contributed by atoms with Gasteiger partial charge in [-0.1, -0.05) is 17.8 Å². The summed E-state index contributed by atoms with van der Waals surface area (Å²) in [7, 11) is -1.36. The molecule has 1 aliphatic rings. The van der Waals surface area contributed by atoms with Crippen LogP contribution in [0.15, 0.2) is 33.9 Å². The third-order valence-electron chi connectivity index (χ3n) is 3.92. The number of hydrogen-bond donors (Lipinski definition) is 1. The molecule has 3 rings (SSSR count). The summed E-state index contributed by atoms with van der Waals surface area (Å²) in [5.41, 5.74) is 0.642. The summed E-state index contributed by atoms with van der Waals surface area (Å²) < 4.78 is 33.6. The molecular weight excluding hydrogens is 378 g/mol. The van der Waals surface area contributed by atoms with Crippen LogP contribution in [0.4, 0.5) is 5.69 Å². The maximum absolute atomic E-state index is 12.0. The molecule has 140 valence electrons. The Morgan fingerprint density at radius 1 is 1.42 bits per heavy atom. The van der Waals surface area contributed by atoms with Gasteiger partial charge in [0, 0.05) is 18.2 Å². The Morgan fingerprint density at radius 2 is 2.27 bits per heavy atom. The first kappa shape index (κ1) is 18.7. The number of sulfone groups is 1. The van der Waals surface area contributed by atoms with Crippen molar-refractivity contribution in [1.82, 2.24) is 10.2 Å². The molecule has 2 heterocycles. The lowest BCUT2D eigenvalue weighted by Crippen LogP contribution is -2.13. The molecule has 1 atom stereocenters. The van der Waals surface area contributed by atoms with Crippen LogP contribution in [0.25, 0.3) is 0 Å². The van der Waals surface area contributed by atoms with Crippen molar-refractivity contribution in [3.8, 4) is 5.75 Å². The third-order valence-corrected chi connectivity index (χ3v) is 6.57. The number of aromatic nitrogens is 2. The number of benzene rings is 1. The molecule has 0 spiro atoms. The number of ether oxygens (including phenoxy) is 1. The van der Waals surface area contributed by atoms with E-state index in [4.69, 9.17) is 9.15 Å². The van der Waals surface area contributed by atoms with Gasteiger partial charge in [0.15, 0.2) is 9.84 Å². The SMILES string of the molecule is COc1cccc(NC(=O)CSc2nnc(C[C@@H]3CCS(=O)(=O)C3)o2)c1. The third kappa shape index (κ3) is 5.21. The number of anilines is 1. The van der Waals surface area contributed by atoms with Crippen LogP contribution in [-0.2, 0) is 21.1 Å². The first-order valence-electron chi connectivity index (χ1n) is 8.03. The van der Waals surface area contributed by atoms with Crippen molar-refractivity contribution in [2.45, 2.75) is 18.1 Å². The van der Waals surface area contributed by atoms with Gasteiger partial charge in [-0.25, -0.2) is 8.42 Å². The molecule has 0 saturated carbocycles. The van der Waals surface area contributed by atoms with Gasteiger partial charge < -0.3 is 14.5 Å². The highest BCUT2D eigenvalue weighted by molar-refractivity contribution is 7.99. The zero-order chi connectivity index (χ0) is 18.6. The topological polar surface area (TPSA) is 111 Å². The predicted molar refractivity (Wildman–Crippen MR) is 97.1 cm³/mol. The molecule has 0 aliphatic carbocycles. The monoisotopic (exact) mass is 397 g/mol. The molecule has 2 aromatic rings. The molecule has 0 unspecified atom stereocenters. The number of rotatable bonds is 7. The minimum Gasteiger partial charge on any atom is -0.497 e. The van der Waals surface area contributed by atoms with Crippen molar-refractivity contribution < 1.29 is 22.4 Å². The molecule has 1 aliphatic heterocycles. The number of carbonyl (C=O) groups is 1. The van der Waals surface area contributed by atoms with Gasteiger partial charge in [0.25, 0.3) is 5.22 Å². The van der Waals surface area contributed by atoms with Crippen molar-refractivity contribution in [3.05, 3.63) is 30.2 Å². The number of thioether (sulfide) groups is 1. The van der Waals surface area contributed by atoms with E-state index in [9.17, 15) is 13.2 Å². The summed E-state index contributed by atoms with van der Waals surface area (Å²) in [5, 5.41) is 10.9. The van der Waals surface area contributed by atoms with Crippen LogP contribution in [0.1, 0.15) is 12.3 Å². The highest BCUT2D eigenvalue weighted by atomic mass is 32.2. The van der Waals surface area contributed by atoms with Crippen LogP contribution in [0.2, 0.25) is 0 Å². The van der Waals surface area contributed by atoms with E-state index in [2.05, 4.69) is 15.5 Å². The van der Waals surface area contributed by atoms with Crippen molar-refractivity contribution in [1.29, 1.82) is 0 Å². The molecule has 1 N–H and O–H groups in total.